The van der Waals surface area contributed by atoms with Crippen molar-refractivity contribution in [2.24, 2.45) is 0 Å². The molecule has 0 unspecified atom stereocenters. The minimum atomic E-state index is -3.64. The van der Waals surface area contributed by atoms with Gasteiger partial charge in [-0.1, -0.05) is 0 Å². The number of carbonyl (C=O) groups is 2. The summed E-state index contributed by atoms with van der Waals surface area (Å²) >= 11 is 0. The van der Waals surface area contributed by atoms with E-state index in [4.69, 9.17) is 5.11 Å². The summed E-state index contributed by atoms with van der Waals surface area (Å²) in [5.41, 5.74) is 0.0350. The smallest absolute Gasteiger partial charge is 0.335 e. The Morgan fingerprint density at radius 3 is 2.11 bits per heavy atom. The molecule has 1 aliphatic heterocycles. The van der Waals surface area contributed by atoms with Crippen molar-refractivity contribution in [2.75, 3.05) is 13.1 Å². The van der Waals surface area contributed by atoms with Crippen molar-refractivity contribution in [1.29, 1.82) is 0 Å². The molecule has 7 heteroatoms. The molecule has 1 aromatic rings. The van der Waals surface area contributed by atoms with Crippen LogP contribution < -0.4 is 0 Å². The Morgan fingerprint density at radius 1 is 1.11 bits per heavy atom. The van der Waals surface area contributed by atoms with Gasteiger partial charge in [0.05, 0.1) is 10.5 Å². The van der Waals surface area contributed by atoms with E-state index in [9.17, 15) is 18.0 Å². The number of sulfonamides is 1. The number of piperidine rings is 1. The van der Waals surface area contributed by atoms with Crippen molar-refractivity contribution in [3.8, 4) is 0 Å². The lowest BCUT2D eigenvalue weighted by Gasteiger charge is -2.25. The molecule has 0 amide bonds. The van der Waals surface area contributed by atoms with E-state index in [0.29, 0.717) is 0 Å². The van der Waals surface area contributed by atoms with Gasteiger partial charge in [0.2, 0.25) is 10.0 Å². The average Bonchev–Trinajstić information content (AvgIpc) is 2.39. The number of carbonyl (C=O) groups excluding carboxylic acids is 1. The van der Waals surface area contributed by atoms with Crippen LogP contribution in [0.25, 0.3) is 0 Å². The summed E-state index contributed by atoms with van der Waals surface area (Å²) in [6.07, 6.45) is 0.457. The Morgan fingerprint density at radius 2 is 1.63 bits per heavy atom. The first-order valence-corrected chi connectivity index (χ1v) is 7.20. The summed E-state index contributed by atoms with van der Waals surface area (Å²) in [7, 11) is -3.64. The molecule has 0 radical (unpaired) electrons. The molecule has 0 saturated carbocycles. The van der Waals surface area contributed by atoms with E-state index in [1.54, 1.807) is 0 Å². The van der Waals surface area contributed by atoms with Crippen LogP contribution in [0.15, 0.2) is 29.2 Å². The zero-order valence-electron chi connectivity index (χ0n) is 10.1. The molecule has 19 heavy (non-hydrogen) atoms. The van der Waals surface area contributed by atoms with E-state index in [1.807, 2.05) is 0 Å². The molecule has 1 aliphatic rings. The van der Waals surface area contributed by atoms with Crippen molar-refractivity contribution in [3.63, 3.8) is 0 Å². The van der Waals surface area contributed by atoms with E-state index < -0.39 is 16.0 Å². The van der Waals surface area contributed by atoms with Crippen molar-refractivity contribution in [3.05, 3.63) is 29.8 Å². The van der Waals surface area contributed by atoms with Crippen molar-refractivity contribution in [1.82, 2.24) is 4.31 Å². The molecule has 1 saturated heterocycles. The highest BCUT2D eigenvalue weighted by atomic mass is 32.2. The predicted molar refractivity (Wildman–Crippen MR) is 66.4 cm³/mol. The lowest BCUT2D eigenvalue weighted by molar-refractivity contribution is -0.120. The summed E-state index contributed by atoms with van der Waals surface area (Å²) in [6.45, 7) is 0.365. The molecule has 0 aliphatic carbocycles. The quantitative estimate of drug-likeness (QED) is 0.883. The summed E-state index contributed by atoms with van der Waals surface area (Å²) in [5, 5.41) is 8.76. The number of ketones is 1. The number of hydrogen-bond donors (Lipinski definition) is 1. The third kappa shape index (κ3) is 2.82. The number of hydrogen-bond acceptors (Lipinski definition) is 4. The molecule has 1 N–H and O–H groups in total. The van der Waals surface area contributed by atoms with E-state index in [1.165, 1.54) is 28.6 Å². The molecule has 6 nitrogen and oxygen atoms in total. The highest BCUT2D eigenvalue weighted by Crippen LogP contribution is 2.19. The number of rotatable bonds is 3. The molecule has 1 aromatic carbocycles. The molecule has 0 atom stereocenters. The van der Waals surface area contributed by atoms with Crippen molar-refractivity contribution in [2.45, 2.75) is 17.7 Å². The lowest BCUT2D eigenvalue weighted by Crippen LogP contribution is -2.38. The first kappa shape index (κ1) is 13.7. The number of Topliss-reactive ketones (excluding diaryl/α,β-unsaturated/α-hetero) is 1. The second-order valence-electron chi connectivity index (χ2n) is 4.27. The normalized spacial score (nSPS) is 17.4. The monoisotopic (exact) mass is 283 g/mol. The maximum absolute atomic E-state index is 12.2. The van der Waals surface area contributed by atoms with Gasteiger partial charge in [-0.15, -0.1) is 0 Å². The Kier molecular flexibility index (Phi) is 3.68. The average molecular weight is 283 g/mol. The molecule has 0 spiro atoms. The van der Waals surface area contributed by atoms with E-state index in [0.717, 1.165) is 0 Å². The summed E-state index contributed by atoms with van der Waals surface area (Å²) < 4.78 is 25.7. The Bertz CT molecular complexity index is 596. The molecule has 1 fully saturated rings. The van der Waals surface area contributed by atoms with Gasteiger partial charge in [0.15, 0.2) is 0 Å². The maximum atomic E-state index is 12.2. The van der Waals surface area contributed by atoms with Crippen LogP contribution in [0.4, 0.5) is 0 Å². The van der Waals surface area contributed by atoms with E-state index >= 15 is 0 Å². The van der Waals surface area contributed by atoms with E-state index in [2.05, 4.69) is 0 Å². The van der Waals surface area contributed by atoms with Gasteiger partial charge in [-0.25, -0.2) is 13.2 Å². The lowest BCUT2D eigenvalue weighted by atomic mass is 10.1. The Balaban J connectivity index is 2.24. The standard InChI is InChI=1S/C12H13NO5S/c14-10-5-7-13(8-6-10)19(17,18)11-3-1-9(2-4-11)12(15)16/h1-4H,5-8H2,(H,15,16). The highest BCUT2D eigenvalue weighted by molar-refractivity contribution is 7.89. The molecular formula is C12H13NO5S. The minimum absolute atomic E-state index is 0.0350. The van der Waals surface area contributed by atoms with Crippen LogP contribution in [0, 0.1) is 0 Å². The summed E-state index contributed by atoms with van der Waals surface area (Å²) in [4.78, 5) is 21.9. The van der Waals surface area contributed by atoms with Crippen LogP contribution >= 0.6 is 0 Å². The minimum Gasteiger partial charge on any atom is -0.478 e. The maximum Gasteiger partial charge on any atom is 0.335 e. The third-order valence-electron chi connectivity index (χ3n) is 3.02. The molecule has 2 rings (SSSR count). The van der Waals surface area contributed by atoms with Crippen molar-refractivity contribution >= 4 is 21.8 Å². The number of benzene rings is 1. The summed E-state index contributed by atoms with van der Waals surface area (Å²) in [5.74, 6) is -1.04. The SMILES string of the molecule is O=C1CCN(S(=O)(=O)c2ccc(C(=O)O)cc2)CC1. The van der Waals surface area contributed by atoms with Crippen LogP contribution in [0.1, 0.15) is 23.2 Å². The van der Waals surface area contributed by atoms with Crippen molar-refractivity contribution < 1.29 is 23.1 Å². The molecule has 102 valence electrons. The number of nitrogens with zero attached hydrogens (tertiary/aromatic N) is 1. The van der Waals surface area contributed by atoms with Gasteiger partial charge in [0, 0.05) is 25.9 Å². The van der Waals surface area contributed by atoms with Gasteiger partial charge in [-0.2, -0.15) is 4.31 Å². The number of carboxylic acid groups (broad SMARTS) is 1. The fraction of sp³-hybridized carbons (Fsp3) is 0.333. The zero-order chi connectivity index (χ0) is 14.0. The van der Waals surface area contributed by atoms with Crippen LogP contribution in [-0.2, 0) is 14.8 Å². The Hall–Kier alpha value is -1.73. The topological polar surface area (TPSA) is 91.8 Å². The van der Waals surface area contributed by atoms with Crippen LogP contribution in [0.2, 0.25) is 0 Å². The van der Waals surface area contributed by atoms with E-state index in [-0.39, 0.29) is 42.2 Å². The number of aromatic carboxylic acids is 1. The fourth-order valence-electron chi connectivity index (χ4n) is 1.89. The van der Waals surface area contributed by atoms with Gasteiger partial charge in [-0.05, 0) is 24.3 Å². The number of carboxylic acids is 1. The van der Waals surface area contributed by atoms with Gasteiger partial charge in [0.1, 0.15) is 5.78 Å². The fourth-order valence-corrected chi connectivity index (χ4v) is 3.34. The Labute approximate surface area is 110 Å². The van der Waals surface area contributed by atoms with Crippen LogP contribution in [0.5, 0.6) is 0 Å². The largest absolute Gasteiger partial charge is 0.478 e. The second-order valence-corrected chi connectivity index (χ2v) is 6.21. The summed E-state index contributed by atoms with van der Waals surface area (Å²) in [6, 6.07) is 5.05. The zero-order valence-corrected chi connectivity index (χ0v) is 10.9. The molecular weight excluding hydrogens is 270 g/mol. The molecule has 0 bridgehead atoms. The predicted octanol–water partition coefficient (Wildman–Crippen LogP) is 0.738. The van der Waals surface area contributed by atoms with Crippen LogP contribution in [0.3, 0.4) is 0 Å². The van der Waals surface area contributed by atoms with Crippen LogP contribution in [-0.4, -0.2) is 42.7 Å². The molecule has 1 heterocycles. The first-order chi connectivity index (χ1) is 8.91. The molecule has 0 aromatic heterocycles. The second kappa shape index (κ2) is 5.10. The van der Waals surface area contributed by atoms with Gasteiger partial charge in [-0.3, -0.25) is 4.79 Å². The van der Waals surface area contributed by atoms with Gasteiger partial charge >= 0.3 is 5.97 Å². The van der Waals surface area contributed by atoms with Gasteiger partial charge in [0.25, 0.3) is 0 Å². The first-order valence-electron chi connectivity index (χ1n) is 5.76. The third-order valence-corrected chi connectivity index (χ3v) is 4.93. The highest BCUT2D eigenvalue weighted by Gasteiger charge is 2.28. The van der Waals surface area contributed by atoms with Gasteiger partial charge < -0.3 is 5.11 Å².